The van der Waals surface area contributed by atoms with Gasteiger partial charge in [0, 0.05) is 41.3 Å². The third-order valence-corrected chi connectivity index (χ3v) is 5.87. The molecule has 0 saturated carbocycles. The first-order chi connectivity index (χ1) is 15.2. The summed E-state index contributed by atoms with van der Waals surface area (Å²) in [5.41, 5.74) is 2.50. The number of halogens is 1. The molecule has 31 heavy (non-hydrogen) atoms. The van der Waals surface area contributed by atoms with Gasteiger partial charge in [0.05, 0.1) is 5.69 Å². The number of piperidine rings is 1. The van der Waals surface area contributed by atoms with Crippen LogP contribution in [0.1, 0.15) is 12.8 Å². The molecule has 1 saturated heterocycles. The first-order valence-corrected chi connectivity index (χ1v) is 10.6. The molecule has 2 aromatic carbocycles. The molecule has 3 aromatic rings. The highest BCUT2D eigenvalue weighted by Gasteiger charge is 2.26. The molecule has 0 spiro atoms. The van der Waals surface area contributed by atoms with Gasteiger partial charge in [-0.15, -0.1) is 10.2 Å². The van der Waals surface area contributed by atoms with Gasteiger partial charge in [0.15, 0.2) is 17.3 Å². The van der Waals surface area contributed by atoms with E-state index in [1.165, 1.54) is 0 Å². The minimum atomic E-state index is -0.0389. The van der Waals surface area contributed by atoms with Crippen LogP contribution in [0.3, 0.4) is 0 Å². The van der Waals surface area contributed by atoms with Crippen LogP contribution in [0, 0.1) is 5.92 Å². The van der Waals surface area contributed by atoms with Crippen molar-refractivity contribution in [3.63, 3.8) is 0 Å². The third kappa shape index (κ3) is 4.27. The molecule has 5 rings (SSSR count). The van der Waals surface area contributed by atoms with Gasteiger partial charge in [-0.1, -0.05) is 23.7 Å². The molecule has 2 aliphatic rings. The van der Waals surface area contributed by atoms with Crippen molar-refractivity contribution in [2.24, 2.45) is 5.92 Å². The lowest BCUT2D eigenvalue weighted by atomic mass is 9.95. The number of aromatic nitrogens is 2. The Kier molecular flexibility index (Phi) is 5.34. The molecule has 1 fully saturated rings. The van der Waals surface area contributed by atoms with Crippen LogP contribution >= 0.6 is 11.6 Å². The van der Waals surface area contributed by atoms with Crippen molar-refractivity contribution in [3.05, 3.63) is 59.6 Å². The van der Waals surface area contributed by atoms with Gasteiger partial charge in [-0.2, -0.15) is 0 Å². The molecule has 8 heteroatoms. The number of anilines is 2. The van der Waals surface area contributed by atoms with Crippen LogP contribution in [0.25, 0.3) is 11.3 Å². The molecule has 2 aliphatic heterocycles. The molecule has 0 bridgehead atoms. The second-order valence-corrected chi connectivity index (χ2v) is 8.04. The second kappa shape index (κ2) is 8.43. The van der Waals surface area contributed by atoms with Gasteiger partial charge in [-0.25, -0.2) is 0 Å². The van der Waals surface area contributed by atoms with Gasteiger partial charge in [-0.05, 0) is 49.2 Å². The van der Waals surface area contributed by atoms with E-state index in [0.717, 1.165) is 48.7 Å². The number of nitrogens with zero attached hydrogens (tertiary/aromatic N) is 3. The number of carbonyl (C=O) groups excluding carboxylic acids is 1. The van der Waals surface area contributed by atoms with Crippen LogP contribution in [-0.2, 0) is 4.79 Å². The Morgan fingerprint density at radius 1 is 0.968 bits per heavy atom. The average molecular weight is 437 g/mol. The van der Waals surface area contributed by atoms with Crippen molar-refractivity contribution >= 4 is 29.0 Å². The summed E-state index contributed by atoms with van der Waals surface area (Å²) < 4.78 is 10.7. The number of benzene rings is 2. The Morgan fingerprint density at radius 2 is 1.74 bits per heavy atom. The number of carbonyl (C=O) groups is 1. The third-order valence-electron chi connectivity index (χ3n) is 5.62. The van der Waals surface area contributed by atoms with E-state index < -0.39 is 0 Å². The largest absolute Gasteiger partial charge is 0.454 e. The number of amides is 1. The molecule has 3 heterocycles. The lowest BCUT2D eigenvalue weighted by Gasteiger charge is -2.31. The van der Waals surface area contributed by atoms with Crippen molar-refractivity contribution in [2.45, 2.75) is 12.8 Å². The molecule has 158 valence electrons. The Bertz CT molecular complexity index is 1080. The van der Waals surface area contributed by atoms with Crippen LogP contribution in [0.5, 0.6) is 11.5 Å². The second-order valence-electron chi connectivity index (χ2n) is 7.60. The number of nitrogens with one attached hydrogen (secondary N) is 1. The van der Waals surface area contributed by atoms with Crippen molar-refractivity contribution in [1.82, 2.24) is 10.2 Å². The normalized spacial score (nSPS) is 15.7. The summed E-state index contributed by atoms with van der Waals surface area (Å²) in [5, 5.41) is 12.4. The number of fused-ring (bicyclic) bond motifs is 1. The molecule has 7 nitrogen and oxygen atoms in total. The fourth-order valence-electron chi connectivity index (χ4n) is 3.86. The van der Waals surface area contributed by atoms with Gasteiger partial charge >= 0.3 is 0 Å². The molecule has 0 unspecified atom stereocenters. The number of rotatable bonds is 4. The predicted molar refractivity (Wildman–Crippen MR) is 119 cm³/mol. The van der Waals surface area contributed by atoms with Gasteiger partial charge in [0.2, 0.25) is 12.7 Å². The maximum absolute atomic E-state index is 12.7. The highest BCUT2D eigenvalue weighted by Crippen LogP contribution is 2.34. The molecule has 1 aromatic heterocycles. The van der Waals surface area contributed by atoms with Crippen LogP contribution in [0.4, 0.5) is 11.5 Å². The quantitative estimate of drug-likeness (QED) is 0.654. The molecule has 0 aliphatic carbocycles. The van der Waals surface area contributed by atoms with Crippen molar-refractivity contribution in [1.29, 1.82) is 0 Å². The molecular weight excluding hydrogens is 416 g/mol. The van der Waals surface area contributed by atoms with Crippen molar-refractivity contribution in [2.75, 3.05) is 30.1 Å². The zero-order valence-corrected chi connectivity index (χ0v) is 17.5. The summed E-state index contributed by atoms with van der Waals surface area (Å²) in [6, 6.07) is 16.9. The topological polar surface area (TPSA) is 76.6 Å². The number of ether oxygens (including phenoxy) is 2. The van der Waals surface area contributed by atoms with E-state index in [-0.39, 0.29) is 18.6 Å². The van der Waals surface area contributed by atoms with E-state index in [1.807, 2.05) is 48.5 Å². The van der Waals surface area contributed by atoms with Gasteiger partial charge in [-0.3, -0.25) is 4.79 Å². The summed E-state index contributed by atoms with van der Waals surface area (Å²) >= 11 is 5.95. The molecule has 1 amide bonds. The highest BCUT2D eigenvalue weighted by molar-refractivity contribution is 6.30. The summed E-state index contributed by atoms with van der Waals surface area (Å²) in [7, 11) is 0. The lowest BCUT2D eigenvalue weighted by Crippen LogP contribution is -2.38. The number of hydrogen-bond acceptors (Lipinski definition) is 6. The zero-order chi connectivity index (χ0) is 21.2. The average Bonchev–Trinajstić information content (AvgIpc) is 3.28. The van der Waals surface area contributed by atoms with Crippen LogP contribution < -0.4 is 19.7 Å². The number of hydrogen-bond donors (Lipinski definition) is 1. The summed E-state index contributed by atoms with van der Waals surface area (Å²) in [6.45, 7) is 1.73. The zero-order valence-electron chi connectivity index (χ0n) is 16.8. The van der Waals surface area contributed by atoms with Gasteiger partial charge < -0.3 is 19.7 Å². The van der Waals surface area contributed by atoms with Crippen molar-refractivity contribution in [3.8, 4) is 22.8 Å². The molecule has 0 radical (unpaired) electrons. The van der Waals surface area contributed by atoms with Crippen LogP contribution in [-0.4, -0.2) is 36.0 Å². The summed E-state index contributed by atoms with van der Waals surface area (Å²) in [6.07, 6.45) is 1.52. The Labute approximate surface area is 184 Å². The monoisotopic (exact) mass is 436 g/mol. The van der Waals surface area contributed by atoms with Gasteiger partial charge in [0.25, 0.3) is 0 Å². The molecule has 0 atom stereocenters. The summed E-state index contributed by atoms with van der Waals surface area (Å²) in [5.74, 6) is 2.18. The standard InChI is InChI=1S/C23H21ClN4O3/c24-17-3-1-15(2-4-17)19-6-8-22(27-26-19)28-11-9-16(10-12-28)23(29)25-18-5-7-20-21(13-18)31-14-30-20/h1-8,13,16H,9-12,14H2,(H,25,29). The van der Waals surface area contributed by atoms with E-state index in [0.29, 0.717) is 16.5 Å². The minimum absolute atomic E-state index is 0.0303. The van der Waals surface area contributed by atoms with E-state index >= 15 is 0 Å². The predicted octanol–water partition coefficient (Wildman–Crippen LogP) is 4.38. The van der Waals surface area contributed by atoms with Crippen LogP contribution in [0.2, 0.25) is 5.02 Å². The Hall–Kier alpha value is -3.32. The van der Waals surface area contributed by atoms with Gasteiger partial charge in [0.1, 0.15) is 0 Å². The van der Waals surface area contributed by atoms with E-state index in [4.69, 9.17) is 21.1 Å². The fourth-order valence-corrected chi connectivity index (χ4v) is 3.98. The maximum atomic E-state index is 12.7. The first-order valence-electron chi connectivity index (χ1n) is 10.2. The lowest BCUT2D eigenvalue weighted by molar-refractivity contribution is -0.120. The Balaban J connectivity index is 1.17. The van der Waals surface area contributed by atoms with E-state index in [9.17, 15) is 4.79 Å². The van der Waals surface area contributed by atoms with Crippen molar-refractivity contribution < 1.29 is 14.3 Å². The Morgan fingerprint density at radius 3 is 2.48 bits per heavy atom. The smallest absolute Gasteiger partial charge is 0.231 e. The summed E-state index contributed by atoms with van der Waals surface area (Å²) in [4.78, 5) is 14.9. The fraction of sp³-hybridized carbons (Fsp3) is 0.261. The SMILES string of the molecule is O=C(Nc1ccc2c(c1)OCO2)C1CCN(c2ccc(-c3ccc(Cl)cc3)nn2)CC1. The highest BCUT2D eigenvalue weighted by atomic mass is 35.5. The van der Waals surface area contributed by atoms with E-state index in [1.54, 1.807) is 6.07 Å². The molecular formula is C23H21ClN4O3. The maximum Gasteiger partial charge on any atom is 0.231 e. The minimum Gasteiger partial charge on any atom is -0.454 e. The van der Waals surface area contributed by atoms with Crippen LogP contribution in [0.15, 0.2) is 54.6 Å². The van der Waals surface area contributed by atoms with E-state index in [2.05, 4.69) is 20.4 Å². The first kappa shape index (κ1) is 19.6. The molecule has 1 N–H and O–H groups in total.